The van der Waals surface area contributed by atoms with E-state index >= 15 is 0 Å². The normalized spacial score (nSPS) is 13.9. The lowest BCUT2D eigenvalue weighted by atomic mass is 10.1. The van der Waals surface area contributed by atoms with Crippen molar-refractivity contribution < 1.29 is 23.2 Å². The predicted octanol–water partition coefficient (Wildman–Crippen LogP) is 2.33. The van der Waals surface area contributed by atoms with Gasteiger partial charge >= 0.3 is 0 Å². The van der Waals surface area contributed by atoms with E-state index in [0.717, 1.165) is 18.2 Å². The monoisotopic (exact) mass is 421 g/mol. The number of carbonyl (C=O) groups is 3. The number of hydrogen-bond donors (Lipinski definition) is 1. The minimum Gasteiger partial charge on any atom is -0.343 e. The van der Waals surface area contributed by atoms with Gasteiger partial charge in [0.05, 0.1) is 12.1 Å². The maximum absolute atomic E-state index is 13.9. The largest absolute Gasteiger partial charge is 0.343 e. The number of carbonyl (C=O) groups excluding carboxylic acids is 3. The van der Waals surface area contributed by atoms with Crippen LogP contribution in [0.1, 0.15) is 20.7 Å². The predicted molar refractivity (Wildman–Crippen MR) is 103 cm³/mol. The molecule has 6 nitrogen and oxygen atoms in total. The maximum Gasteiger partial charge on any atom is 0.257 e. The Morgan fingerprint density at radius 2 is 1.55 bits per heavy atom. The van der Waals surface area contributed by atoms with E-state index in [-0.39, 0.29) is 54.8 Å². The molecule has 0 aromatic heterocycles. The number of rotatable bonds is 4. The third-order valence-corrected chi connectivity index (χ3v) is 4.82. The Morgan fingerprint density at radius 3 is 2.21 bits per heavy atom. The Bertz CT molecular complexity index is 929. The molecule has 1 saturated heterocycles. The second kappa shape index (κ2) is 9.00. The summed E-state index contributed by atoms with van der Waals surface area (Å²) >= 11 is 5.83. The van der Waals surface area contributed by atoms with Crippen molar-refractivity contribution in [3.63, 3.8) is 0 Å². The molecule has 1 fully saturated rings. The Morgan fingerprint density at radius 1 is 0.931 bits per heavy atom. The topological polar surface area (TPSA) is 69.7 Å². The highest BCUT2D eigenvalue weighted by Crippen LogP contribution is 2.17. The van der Waals surface area contributed by atoms with E-state index in [4.69, 9.17) is 11.6 Å². The fraction of sp³-hybridized carbons (Fsp3) is 0.250. The van der Waals surface area contributed by atoms with Gasteiger partial charge in [0.25, 0.3) is 11.8 Å². The van der Waals surface area contributed by atoms with Gasteiger partial charge in [-0.3, -0.25) is 14.4 Å². The molecule has 0 radical (unpaired) electrons. The molecule has 29 heavy (non-hydrogen) atoms. The number of hydrogen-bond acceptors (Lipinski definition) is 3. The van der Waals surface area contributed by atoms with E-state index in [1.807, 2.05) is 0 Å². The first-order valence-electron chi connectivity index (χ1n) is 8.91. The minimum absolute atomic E-state index is 0.108. The summed E-state index contributed by atoms with van der Waals surface area (Å²) in [6, 6.07) is 8.76. The molecule has 152 valence electrons. The van der Waals surface area contributed by atoms with E-state index in [1.54, 1.807) is 0 Å². The van der Waals surface area contributed by atoms with Crippen LogP contribution >= 0.6 is 11.6 Å². The molecule has 2 aromatic carbocycles. The van der Waals surface area contributed by atoms with Gasteiger partial charge in [-0.25, -0.2) is 8.78 Å². The summed E-state index contributed by atoms with van der Waals surface area (Å²) in [6.07, 6.45) is 0. The Kier molecular flexibility index (Phi) is 6.43. The van der Waals surface area contributed by atoms with Crippen LogP contribution in [0.2, 0.25) is 5.02 Å². The van der Waals surface area contributed by atoms with Gasteiger partial charge in [0, 0.05) is 36.8 Å². The summed E-state index contributed by atoms with van der Waals surface area (Å²) in [7, 11) is 0. The second-order valence-electron chi connectivity index (χ2n) is 6.49. The Balaban J connectivity index is 1.50. The van der Waals surface area contributed by atoms with Crippen LogP contribution in [0.15, 0.2) is 42.5 Å². The Hall–Kier alpha value is -3.00. The summed E-state index contributed by atoms with van der Waals surface area (Å²) < 4.78 is 26.8. The second-order valence-corrected chi connectivity index (χ2v) is 6.92. The van der Waals surface area contributed by atoms with Gasteiger partial charge in [-0.1, -0.05) is 11.6 Å². The van der Waals surface area contributed by atoms with Gasteiger partial charge in [0.1, 0.15) is 11.6 Å². The van der Waals surface area contributed by atoms with Crippen LogP contribution < -0.4 is 5.32 Å². The van der Waals surface area contributed by atoms with Crippen LogP contribution in [0.4, 0.5) is 8.78 Å². The first-order chi connectivity index (χ1) is 13.8. The van der Waals surface area contributed by atoms with E-state index in [0.29, 0.717) is 0 Å². The lowest BCUT2D eigenvalue weighted by Gasteiger charge is -2.35. The van der Waals surface area contributed by atoms with E-state index in [2.05, 4.69) is 5.32 Å². The van der Waals surface area contributed by atoms with Crippen LogP contribution in [0.25, 0.3) is 0 Å². The van der Waals surface area contributed by atoms with Crippen molar-refractivity contribution in [2.45, 2.75) is 0 Å². The standard InChI is InChI=1S/C20H18ClF2N3O3/c21-14-3-6-17(23)16(11-14)20(29)26-9-7-25(8-10-26)18(27)12-24-19(28)13-1-4-15(22)5-2-13/h1-6,11H,7-10,12H2,(H,24,28). The molecule has 1 aliphatic rings. The zero-order chi connectivity index (χ0) is 21.0. The molecule has 2 aromatic rings. The summed E-state index contributed by atoms with van der Waals surface area (Å²) in [5.74, 6) is -2.38. The van der Waals surface area contributed by atoms with Crippen molar-refractivity contribution in [3.05, 3.63) is 70.2 Å². The molecule has 0 bridgehead atoms. The van der Waals surface area contributed by atoms with E-state index in [1.165, 1.54) is 34.1 Å². The highest BCUT2D eigenvalue weighted by molar-refractivity contribution is 6.31. The van der Waals surface area contributed by atoms with E-state index in [9.17, 15) is 23.2 Å². The van der Waals surface area contributed by atoms with Crippen LogP contribution in [0, 0.1) is 11.6 Å². The Labute approximate surface area is 171 Å². The minimum atomic E-state index is -0.651. The first kappa shape index (κ1) is 20.7. The molecule has 0 spiro atoms. The highest BCUT2D eigenvalue weighted by Gasteiger charge is 2.26. The number of piperazine rings is 1. The van der Waals surface area contributed by atoms with Crippen molar-refractivity contribution in [2.24, 2.45) is 0 Å². The van der Waals surface area contributed by atoms with Crippen molar-refractivity contribution in [1.29, 1.82) is 0 Å². The van der Waals surface area contributed by atoms with Gasteiger partial charge in [0.2, 0.25) is 5.91 Å². The number of benzene rings is 2. The van der Waals surface area contributed by atoms with Gasteiger partial charge in [0.15, 0.2) is 0 Å². The fourth-order valence-corrected chi connectivity index (χ4v) is 3.13. The summed E-state index contributed by atoms with van der Waals surface area (Å²) in [6.45, 7) is 0.788. The van der Waals surface area contributed by atoms with Crippen molar-refractivity contribution in [1.82, 2.24) is 15.1 Å². The van der Waals surface area contributed by atoms with Crippen LogP contribution in [-0.2, 0) is 4.79 Å². The summed E-state index contributed by atoms with van der Waals surface area (Å²) in [4.78, 5) is 39.8. The number of halogens is 3. The lowest BCUT2D eigenvalue weighted by molar-refractivity contribution is -0.131. The third-order valence-electron chi connectivity index (χ3n) is 4.58. The molecule has 0 saturated carbocycles. The highest BCUT2D eigenvalue weighted by atomic mass is 35.5. The van der Waals surface area contributed by atoms with Crippen molar-refractivity contribution in [3.8, 4) is 0 Å². The molecule has 3 rings (SSSR count). The molecule has 0 unspecified atom stereocenters. The zero-order valence-electron chi connectivity index (χ0n) is 15.3. The average molecular weight is 422 g/mol. The number of amides is 3. The molecular formula is C20H18ClF2N3O3. The number of nitrogens with one attached hydrogen (secondary N) is 1. The third kappa shape index (κ3) is 5.08. The fourth-order valence-electron chi connectivity index (χ4n) is 2.96. The number of nitrogens with zero attached hydrogens (tertiary/aromatic N) is 2. The van der Waals surface area contributed by atoms with Crippen LogP contribution in [0.3, 0.4) is 0 Å². The smallest absolute Gasteiger partial charge is 0.257 e. The molecule has 0 aliphatic carbocycles. The molecule has 1 heterocycles. The molecule has 3 amide bonds. The van der Waals surface area contributed by atoms with Crippen LogP contribution in [-0.4, -0.2) is 60.2 Å². The van der Waals surface area contributed by atoms with Crippen molar-refractivity contribution >= 4 is 29.3 Å². The quantitative estimate of drug-likeness (QED) is 0.823. The van der Waals surface area contributed by atoms with Gasteiger partial charge < -0.3 is 15.1 Å². The lowest BCUT2D eigenvalue weighted by Crippen LogP contribution is -2.52. The van der Waals surface area contributed by atoms with Crippen LogP contribution in [0.5, 0.6) is 0 Å². The van der Waals surface area contributed by atoms with Gasteiger partial charge in [-0.05, 0) is 42.5 Å². The molecule has 9 heteroatoms. The van der Waals surface area contributed by atoms with Crippen molar-refractivity contribution in [2.75, 3.05) is 32.7 Å². The van der Waals surface area contributed by atoms with Gasteiger partial charge in [-0.2, -0.15) is 0 Å². The molecular weight excluding hydrogens is 404 g/mol. The average Bonchev–Trinajstić information content (AvgIpc) is 2.73. The molecule has 0 atom stereocenters. The zero-order valence-corrected chi connectivity index (χ0v) is 16.1. The molecule has 1 N–H and O–H groups in total. The summed E-state index contributed by atoms with van der Waals surface area (Å²) in [5, 5.41) is 2.76. The summed E-state index contributed by atoms with van der Waals surface area (Å²) in [5.41, 5.74) is 0.141. The SMILES string of the molecule is O=C(NCC(=O)N1CCN(C(=O)c2cc(Cl)ccc2F)CC1)c1ccc(F)cc1. The first-order valence-corrected chi connectivity index (χ1v) is 9.29. The maximum atomic E-state index is 13.9. The van der Waals surface area contributed by atoms with Gasteiger partial charge in [-0.15, -0.1) is 0 Å². The van der Waals surface area contributed by atoms with E-state index < -0.39 is 23.4 Å². The molecule has 1 aliphatic heterocycles.